The van der Waals surface area contributed by atoms with E-state index >= 15 is 0 Å². The highest BCUT2D eigenvalue weighted by atomic mass is 35.5. The molecule has 3 aromatic rings. The summed E-state index contributed by atoms with van der Waals surface area (Å²) in [5.41, 5.74) is 2.33. The number of thiophene rings is 1. The van der Waals surface area contributed by atoms with Gasteiger partial charge in [-0.3, -0.25) is 19.3 Å². The van der Waals surface area contributed by atoms with E-state index in [9.17, 15) is 9.59 Å². The van der Waals surface area contributed by atoms with Crippen molar-refractivity contribution in [1.82, 2.24) is 20.1 Å². The maximum Gasteiger partial charge on any atom is 0.262 e. The largest absolute Gasteiger partial charge is 0.376 e. The molecule has 0 spiro atoms. The topological polar surface area (TPSA) is 101 Å². The third-order valence-corrected chi connectivity index (χ3v) is 7.84. The summed E-state index contributed by atoms with van der Waals surface area (Å²) in [6.07, 6.45) is 10.1. The molecule has 0 bridgehead atoms. The van der Waals surface area contributed by atoms with Crippen molar-refractivity contribution in [2.24, 2.45) is 13.0 Å². The fourth-order valence-electron chi connectivity index (χ4n) is 4.45. The van der Waals surface area contributed by atoms with E-state index in [2.05, 4.69) is 26.0 Å². The van der Waals surface area contributed by atoms with Crippen molar-refractivity contribution in [1.29, 1.82) is 0 Å². The van der Waals surface area contributed by atoms with Gasteiger partial charge in [-0.05, 0) is 50.8 Å². The molecule has 0 aromatic carbocycles. The second kappa shape index (κ2) is 11.2. The van der Waals surface area contributed by atoms with Gasteiger partial charge in [-0.15, -0.1) is 11.3 Å². The molecule has 10 heteroatoms. The molecule has 1 aliphatic carbocycles. The molecule has 35 heavy (non-hydrogen) atoms. The van der Waals surface area contributed by atoms with Gasteiger partial charge in [0.1, 0.15) is 6.04 Å². The average molecular weight is 515 g/mol. The van der Waals surface area contributed by atoms with Crippen molar-refractivity contribution in [2.75, 3.05) is 10.6 Å². The predicted octanol–water partition coefficient (Wildman–Crippen LogP) is 5.33. The number of aryl methyl sites for hydroxylation is 2. The van der Waals surface area contributed by atoms with E-state index < -0.39 is 6.04 Å². The lowest BCUT2D eigenvalue weighted by molar-refractivity contribution is -0.119. The Kier molecular flexibility index (Phi) is 8.07. The number of aromatic nitrogens is 3. The van der Waals surface area contributed by atoms with Crippen LogP contribution in [0.2, 0.25) is 5.02 Å². The molecule has 0 unspecified atom stereocenters. The van der Waals surface area contributed by atoms with E-state index in [-0.39, 0.29) is 23.8 Å². The Hall–Kier alpha value is -2.91. The molecule has 3 aromatic heterocycles. The Morgan fingerprint density at radius 3 is 2.69 bits per heavy atom. The van der Waals surface area contributed by atoms with Crippen LogP contribution in [0, 0.1) is 12.8 Å². The van der Waals surface area contributed by atoms with Gasteiger partial charge in [-0.2, -0.15) is 5.10 Å². The number of hydrogen-bond donors (Lipinski definition) is 3. The molecule has 186 valence electrons. The molecule has 8 nitrogen and oxygen atoms in total. The van der Waals surface area contributed by atoms with Crippen molar-refractivity contribution in [3.05, 3.63) is 57.3 Å². The van der Waals surface area contributed by atoms with Gasteiger partial charge in [0, 0.05) is 24.3 Å². The van der Waals surface area contributed by atoms with Crippen LogP contribution in [-0.4, -0.2) is 32.6 Å². The van der Waals surface area contributed by atoms with Crippen LogP contribution in [0.5, 0.6) is 0 Å². The number of pyridine rings is 1. The number of anilines is 2. The summed E-state index contributed by atoms with van der Waals surface area (Å²) >= 11 is 7.51. The summed E-state index contributed by atoms with van der Waals surface area (Å²) in [5, 5.41) is 14.0. The van der Waals surface area contributed by atoms with Gasteiger partial charge in [0.2, 0.25) is 5.91 Å². The van der Waals surface area contributed by atoms with Gasteiger partial charge >= 0.3 is 0 Å². The monoisotopic (exact) mass is 514 g/mol. The summed E-state index contributed by atoms with van der Waals surface area (Å²) in [6.45, 7) is 3.95. The number of halogens is 1. The number of rotatable bonds is 8. The van der Waals surface area contributed by atoms with E-state index in [4.69, 9.17) is 11.6 Å². The zero-order chi connectivity index (χ0) is 24.9. The van der Waals surface area contributed by atoms with Gasteiger partial charge in [0.05, 0.1) is 39.2 Å². The van der Waals surface area contributed by atoms with Gasteiger partial charge < -0.3 is 16.0 Å². The van der Waals surface area contributed by atoms with Gasteiger partial charge in [-0.25, -0.2) is 0 Å². The van der Waals surface area contributed by atoms with E-state index in [0.29, 0.717) is 15.6 Å². The molecule has 1 saturated carbocycles. The Bertz CT molecular complexity index is 1190. The summed E-state index contributed by atoms with van der Waals surface area (Å²) in [5.74, 6) is -0.317. The minimum Gasteiger partial charge on any atom is -0.376 e. The van der Waals surface area contributed by atoms with Crippen LogP contribution in [0.1, 0.15) is 65.3 Å². The molecule has 4 rings (SSSR count). The maximum absolute atomic E-state index is 13.2. The number of amides is 2. The fourth-order valence-corrected chi connectivity index (χ4v) is 5.52. The van der Waals surface area contributed by atoms with Crippen LogP contribution in [0.15, 0.2) is 36.8 Å². The molecule has 1 aliphatic rings. The third kappa shape index (κ3) is 6.41. The van der Waals surface area contributed by atoms with Gasteiger partial charge in [-0.1, -0.05) is 30.9 Å². The van der Waals surface area contributed by atoms with Crippen molar-refractivity contribution in [3.8, 4) is 0 Å². The molecule has 3 heterocycles. The first-order valence-electron chi connectivity index (χ1n) is 11.9. The van der Waals surface area contributed by atoms with Crippen LogP contribution < -0.4 is 16.0 Å². The van der Waals surface area contributed by atoms with Crippen molar-refractivity contribution in [2.45, 2.75) is 58.0 Å². The molecular formula is C25H31ClN6O2S. The molecular weight excluding hydrogens is 484 g/mol. The minimum absolute atomic E-state index is 0.0384. The number of nitrogens with one attached hydrogen (secondary N) is 3. The van der Waals surface area contributed by atoms with Crippen LogP contribution in [0.25, 0.3) is 0 Å². The quantitative estimate of drug-likeness (QED) is 0.377. The van der Waals surface area contributed by atoms with Gasteiger partial charge in [0.15, 0.2) is 0 Å². The molecule has 2 amide bonds. The van der Waals surface area contributed by atoms with Gasteiger partial charge in [0.25, 0.3) is 5.91 Å². The Balaban J connectivity index is 1.45. The van der Waals surface area contributed by atoms with E-state index in [0.717, 1.165) is 41.9 Å². The van der Waals surface area contributed by atoms with Crippen molar-refractivity contribution in [3.63, 3.8) is 0 Å². The fraction of sp³-hybridized carbons (Fsp3) is 0.440. The summed E-state index contributed by atoms with van der Waals surface area (Å²) in [4.78, 5) is 32.2. The third-order valence-electron chi connectivity index (χ3n) is 6.37. The molecule has 2 atom stereocenters. The van der Waals surface area contributed by atoms with Crippen LogP contribution in [-0.2, 0) is 11.8 Å². The molecule has 3 N–H and O–H groups in total. The van der Waals surface area contributed by atoms with Crippen LogP contribution in [0.3, 0.4) is 0 Å². The summed E-state index contributed by atoms with van der Waals surface area (Å²) in [6, 6.07) is 4.97. The minimum atomic E-state index is -0.593. The van der Waals surface area contributed by atoms with Crippen molar-refractivity contribution < 1.29 is 9.59 Å². The second-order valence-corrected chi connectivity index (χ2v) is 10.6. The SMILES string of the molecule is Cc1ncc(Cl)cc1N[C@@H](C)c1ccc(C(=O)N[C@H](C(=O)Nc2cnn(C)c2)C2CCCCC2)s1. The highest BCUT2D eigenvalue weighted by Crippen LogP contribution is 2.30. The lowest BCUT2D eigenvalue weighted by atomic mass is 9.83. The normalized spacial score (nSPS) is 15.9. The summed E-state index contributed by atoms with van der Waals surface area (Å²) < 4.78 is 1.63. The lowest BCUT2D eigenvalue weighted by Crippen LogP contribution is -2.48. The Morgan fingerprint density at radius 1 is 1.20 bits per heavy atom. The van der Waals surface area contributed by atoms with E-state index in [1.165, 1.54) is 17.8 Å². The number of carbonyl (C=O) groups excluding carboxylic acids is 2. The highest BCUT2D eigenvalue weighted by molar-refractivity contribution is 7.14. The molecule has 1 fully saturated rings. The zero-order valence-electron chi connectivity index (χ0n) is 20.2. The predicted molar refractivity (Wildman–Crippen MR) is 140 cm³/mol. The maximum atomic E-state index is 13.2. The van der Waals surface area contributed by atoms with Crippen LogP contribution >= 0.6 is 22.9 Å². The number of carbonyl (C=O) groups is 2. The van der Waals surface area contributed by atoms with E-state index in [1.807, 2.05) is 32.0 Å². The number of nitrogens with zero attached hydrogens (tertiary/aromatic N) is 3. The van der Waals surface area contributed by atoms with Crippen LogP contribution in [0.4, 0.5) is 11.4 Å². The lowest BCUT2D eigenvalue weighted by Gasteiger charge is -2.29. The zero-order valence-corrected chi connectivity index (χ0v) is 21.7. The molecule has 0 radical (unpaired) electrons. The molecule has 0 aliphatic heterocycles. The Morgan fingerprint density at radius 2 is 1.97 bits per heavy atom. The first-order chi connectivity index (χ1) is 16.8. The summed E-state index contributed by atoms with van der Waals surface area (Å²) in [7, 11) is 1.80. The Labute approximate surface area is 214 Å². The smallest absolute Gasteiger partial charge is 0.262 e. The average Bonchev–Trinajstić information content (AvgIpc) is 3.49. The second-order valence-electron chi connectivity index (χ2n) is 9.10. The van der Waals surface area contributed by atoms with Crippen molar-refractivity contribution >= 4 is 46.1 Å². The first-order valence-corrected chi connectivity index (χ1v) is 13.1. The molecule has 0 saturated heterocycles. The van der Waals surface area contributed by atoms with E-state index in [1.54, 1.807) is 30.3 Å². The number of hydrogen-bond acceptors (Lipinski definition) is 6. The standard InChI is InChI=1S/C25H31ClN6O2S/c1-15-20(11-18(26)12-27-15)29-16(2)21-9-10-22(35-21)24(33)31-23(17-7-5-4-6-8-17)25(34)30-19-13-28-32(3)14-19/h9-14,16-17,23,29H,4-8H2,1-3H3,(H,30,34)(H,31,33)/t16-,23-/m0/s1. The highest BCUT2D eigenvalue weighted by Gasteiger charge is 2.32. The first kappa shape index (κ1) is 25.2.